The van der Waals surface area contributed by atoms with Gasteiger partial charge in [-0.15, -0.1) is 0 Å². The molecule has 0 aromatic heterocycles. The van der Waals surface area contributed by atoms with Crippen molar-refractivity contribution in [3.05, 3.63) is 36.5 Å². The number of unbranched alkanes of at least 4 members (excludes halogenated alkanes) is 49. The molecule has 0 amide bonds. The molecule has 0 saturated heterocycles. The second-order valence-corrected chi connectivity index (χ2v) is 24.2. The first-order valence-corrected chi connectivity index (χ1v) is 35.5. The van der Waals surface area contributed by atoms with Gasteiger partial charge in [-0.05, 0) is 57.8 Å². The minimum absolute atomic E-state index is 0.0717. The lowest BCUT2D eigenvalue weighted by Crippen LogP contribution is -2.30. The highest BCUT2D eigenvalue weighted by Crippen LogP contribution is 2.19. The van der Waals surface area contributed by atoms with Crippen molar-refractivity contribution < 1.29 is 28.6 Å². The largest absolute Gasteiger partial charge is 0.462 e. The maximum absolute atomic E-state index is 12.9. The molecule has 0 aliphatic carbocycles. The lowest BCUT2D eigenvalue weighted by atomic mass is 10.0. The number of hydrogen-bond donors (Lipinski definition) is 0. The highest BCUT2D eigenvalue weighted by molar-refractivity contribution is 5.71. The van der Waals surface area contributed by atoms with Crippen LogP contribution in [-0.4, -0.2) is 37.2 Å². The summed E-state index contributed by atoms with van der Waals surface area (Å²) in [4.78, 5) is 38.5. The molecule has 0 radical (unpaired) electrons. The molecule has 0 fully saturated rings. The quantitative estimate of drug-likeness (QED) is 0.0261. The van der Waals surface area contributed by atoms with E-state index in [4.69, 9.17) is 14.2 Å². The predicted molar refractivity (Wildman–Crippen MR) is 344 cm³/mol. The van der Waals surface area contributed by atoms with E-state index >= 15 is 0 Å². The Balaban J connectivity index is 4.30. The summed E-state index contributed by atoms with van der Waals surface area (Å²) in [6, 6.07) is 0. The highest BCUT2D eigenvalue weighted by atomic mass is 16.6. The van der Waals surface area contributed by atoms with Crippen LogP contribution < -0.4 is 0 Å². The van der Waals surface area contributed by atoms with Crippen LogP contribution in [0.4, 0.5) is 0 Å². The third-order valence-electron chi connectivity index (χ3n) is 16.1. The van der Waals surface area contributed by atoms with Gasteiger partial charge in [-0.2, -0.15) is 0 Å². The van der Waals surface area contributed by atoms with E-state index in [1.165, 1.54) is 276 Å². The summed E-state index contributed by atoms with van der Waals surface area (Å²) in [7, 11) is 0. The van der Waals surface area contributed by atoms with Crippen LogP contribution in [0.3, 0.4) is 0 Å². The second kappa shape index (κ2) is 68.1. The van der Waals surface area contributed by atoms with Gasteiger partial charge in [0.05, 0.1) is 0 Å². The molecule has 6 nitrogen and oxygen atoms in total. The van der Waals surface area contributed by atoms with E-state index < -0.39 is 6.10 Å². The molecule has 79 heavy (non-hydrogen) atoms. The SMILES string of the molecule is CCCCC/C=C\C/C=C\C/C=C\CCCCCCCCC(=O)OC(COC(=O)CCCCCCCCCCCCCCCCCCCC)COC(=O)CCCCCCCCCCCCCCCCCCCCCCCCCC. The highest BCUT2D eigenvalue weighted by Gasteiger charge is 2.19. The second-order valence-electron chi connectivity index (χ2n) is 24.2. The molecule has 6 heteroatoms. The van der Waals surface area contributed by atoms with Gasteiger partial charge in [0.1, 0.15) is 13.2 Å². The van der Waals surface area contributed by atoms with Gasteiger partial charge < -0.3 is 14.2 Å². The topological polar surface area (TPSA) is 78.9 Å². The molecule has 1 atom stereocenters. The molecule has 0 aliphatic rings. The Morgan fingerprint density at radius 2 is 0.456 bits per heavy atom. The van der Waals surface area contributed by atoms with Crippen LogP contribution in [0.25, 0.3) is 0 Å². The zero-order valence-electron chi connectivity index (χ0n) is 53.4. The van der Waals surface area contributed by atoms with Gasteiger partial charge in [0.2, 0.25) is 0 Å². The number of carbonyl (C=O) groups is 3. The zero-order valence-corrected chi connectivity index (χ0v) is 53.4. The Morgan fingerprint density at radius 1 is 0.253 bits per heavy atom. The Bertz CT molecular complexity index is 1320. The van der Waals surface area contributed by atoms with Crippen LogP contribution in [0.2, 0.25) is 0 Å². The Hall–Kier alpha value is -2.37. The lowest BCUT2D eigenvalue weighted by molar-refractivity contribution is -0.167. The number of allylic oxidation sites excluding steroid dienone is 6. The number of esters is 3. The van der Waals surface area contributed by atoms with Crippen LogP contribution >= 0.6 is 0 Å². The van der Waals surface area contributed by atoms with Crippen molar-refractivity contribution in [1.29, 1.82) is 0 Å². The summed E-state index contributed by atoms with van der Waals surface area (Å²) >= 11 is 0. The molecule has 0 aliphatic heterocycles. The summed E-state index contributed by atoms with van der Waals surface area (Å²) in [6.45, 7) is 6.69. The Labute approximate surface area is 493 Å². The maximum Gasteiger partial charge on any atom is 0.306 e. The van der Waals surface area contributed by atoms with Crippen molar-refractivity contribution in [3.8, 4) is 0 Å². The van der Waals surface area contributed by atoms with Gasteiger partial charge >= 0.3 is 17.9 Å². The third-order valence-corrected chi connectivity index (χ3v) is 16.1. The average Bonchev–Trinajstić information content (AvgIpc) is 3.45. The molecule has 0 aromatic rings. The monoisotopic (exact) mass is 1110 g/mol. The minimum atomic E-state index is -0.777. The molecule has 0 rings (SSSR count). The van der Waals surface area contributed by atoms with Gasteiger partial charge in [-0.25, -0.2) is 0 Å². The molecule has 0 heterocycles. The Morgan fingerprint density at radius 3 is 0.734 bits per heavy atom. The number of ether oxygens (including phenoxy) is 3. The summed E-state index contributed by atoms with van der Waals surface area (Å²) < 4.78 is 17.0. The lowest BCUT2D eigenvalue weighted by Gasteiger charge is -2.18. The number of rotatable bonds is 66. The van der Waals surface area contributed by atoms with Crippen LogP contribution in [0.5, 0.6) is 0 Å². The third kappa shape index (κ3) is 66.3. The van der Waals surface area contributed by atoms with Crippen molar-refractivity contribution in [2.24, 2.45) is 0 Å². The van der Waals surface area contributed by atoms with Crippen molar-refractivity contribution in [1.82, 2.24) is 0 Å². The van der Waals surface area contributed by atoms with Gasteiger partial charge in [-0.1, -0.05) is 353 Å². The minimum Gasteiger partial charge on any atom is -0.462 e. The fourth-order valence-electron chi connectivity index (χ4n) is 10.8. The van der Waals surface area contributed by atoms with E-state index in [1.54, 1.807) is 0 Å². The molecule has 1 unspecified atom stereocenters. The van der Waals surface area contributed by atoms with Crippen molar-refractivity contribution in [2.75, 3.05) is 13.2 Å². The normalized spacial score (nSPS) is 12.2. The first-order chi connectivity index (χ1) is 39.0. The summed E-state index contributed by atoms with van der Waals surface area (Å²) in [6.07, 6.45) is 84.5. The van der Waals surface area contributed by atoms with Crippen LogP contribution in [0.15, 0.2) is 36.5 Å². The fourth-order valence-corrected chi connectivity index (χ4v) is 10.8. The first kappa shape index (κ1) is 76.6. The smallest absolute Gasteiger partial charge is 0.306 e. The van der Waals surface area contributed by atoms with Gasteiger partial charge in [0.25, 0.3) is 0 Å². The van der Waals surface area contributed by atoms with Crippen molar-refractivity contribution >= 4 is 17.9 Å². The van der Waals surface area contributed by atoms with E-state index in [2.05, 4.69) is 57.2 Å². The van der Waals surface area contributed by atoms with Crippen LogP contribution in [0.1, 0.15) is 393 Å². The summed E-state index contributed by atoms with van der Waals surface area (Å²) in [5.41, 5.74) is 0. The van der Waals surface area contributed by atoms with E-state index in [9.17, 15) is 14.4 Å². The van der Waals surface area contributed by atoms with E-state index in [0.29, 0.717) is 19.3 Å². The zero-order chi connectivity index (χ0) is 57.1. The Kier molecular flexibility index (Phi) is 66.1. The fraction of sp³-hybridized carbons (Fsp3) is 0.877. The molecule has 0 spiro atoms. The van der Waals surface area contributed by atoms with Gasteiger partial charge in [0.15, 0.2) is 6.10 Å². The molecule has 0 aromatic carbocycles. The number of hydrogen-bond acceptors (Lipinski definition) is 6. The van der Waals surface area contributed by atoms with Gasteiger partial charge in [0, 0.05) is 19.3 Å². The van der Waals surface area contributed by atoms with E-state index in [-0.39, 0.29) is 31.1 Å². The molecular formula is C73H136O6. The van der Waals surface area contributed by atoms with Crippen LogP contribution in [-0.2, 0) is 28.6 Å². The van der Waals surface area contributed by atoms with E-state index in [1.807, 2.05) is 0 Å². The molecule has 464 valence electrons. The molecular weight excluding hydrogens is 973 g/mol. The molecule has 0 saturated carbocycles. The van der Waals surface area contributed by atoms with Crippen LogP contribution in [0, 0.1) is 0 Å². The summed E-state index contributed by atoms with van der Waals surface area (Å²) in [5, 5.41) is 0. The van der Waals surface area contributed by atoms with Gasteiger partial charge in [-0.3, -0.25) is 14.4 Å². The standard InChI is InChI=1S/C73H136O6/c1-4-7-10-13-16-19-22-25-28-31-34-35-36-37-38-40-42-45-48-51-54-57-60-63-66-72(75)78-69-70(68-77-71(74)65-62-59-56-53-50-47-44-41-33-30-27-24-21-18-15-12-9-6-3)79-73(76)67-64-61-58-55-52-49-46-43-39-32-29-26-23-20-17-14-11-8-5-2/h17,20,26,29,39,43,70H,4-16,18-19,21-25,27-28,30-38,40-42,44-69H2,1-3H3/b20-17-,29-26-,43-39-. The summed E-state index contributed by atoms with van der Waals surface area (Å²) in [5.74, 6) is -0.852. The predicted octanol–water partition coefficient (Wildman–Crippen LogP) is 24.3. The molecule has 0 bridgehead atoms. The first-order valence-electron chi connectivity index (χ1n) is 35.5. The average molecular weight is 1110 g/mol. The maximum atomic E-state index is 12.9. The van der Waals surface area contributed by atoms with Crippen molar-refractivity contribution in [2.45, 2.75) is 399 Å². The number of carbonyl (C=O) groups excluding carboxylic acids is 3. The van der Waals surface area contributed by atoms with E-state index in [0.717, 1.165) is 77.0 Å². The van der Waals surface area contributed by atoms with Crippen molar-refractivity contribution in [3.63, 3.8) is 0 Å². The molecule has 0 N–H and O–H groups in total.